The molecule has 2 aromatic heterocycles. The van der Waals surface area contributed by atoms with Gasteiger partial charge in [-0.3, -0.25) is 29.8 Å². The third-order valence-corrected chi connectivity index (χ3v) is 11.6. The molecule has 13 nitrogen and oxygen atoms in total. The summed E-state index contributed by atoms with van der Waals surface area (Å²) in [4.78, 5) is 69.6. The molecule has 4 aromatic rings. The van der Waals surface area contributed by atoms with Gasteiger partial charge in [0.15, 0.2) is 0 Å². The van der Waals surface area contributed by atoms with Crippen LogP contribution in [0.15, 0.2) is 97.2 Å². The first-order valence-corrected chi connectivity index (χ1v) is 21.3. The molecule has 5 atom stereocenters. The number of aromatic nitrogens is 2. The molecule has 2 fully saturated rings. The number of carbonyl (C=O) groups is 4. The highest BCUT2D eigenvalue weighted by molar-refractivity contribution is 5.89. The van der Waals surface area contributed by atoms with E-state index in [1.165, 1.54) is 0 Å². The van der Waals surface area contributed by atoms with Crippen LogP contribution in [-0.2, 0) is 33.9 Å². The van der Waals surface area contributed by atoms with Gasteiger partial charge in [0.1, 0.15) is 12.1 Å². The molecule has 2 aromatic carbocycles. The zero-order valence-electron chi connectivity index (χ0n) is 35.5. The van der Waals surface area contributed by atoms with E-state index in [1.54, 1.807) is 25.9 Å². The number of benzene rings is 2. The molecule has 2 aliphatic rings. The Labute approximate surface area is 354 Å². The topological polar surface area (TPSA) is 151 Å². The average Bonchev–Trinajstić information content (AvgIpc) is 3.82. The van der Waals surface area contributed by atoms with Crippen LogP contribution in [0.2, 0.25) is 0 Å². The first kappa shape index (κ1) is 43.9. The molecule has 0 aliphatic carbocycles. The van der Waals surface area contributed by atoms with Gasteiger partial charge in [0.2, 0.25) is 11.8 Å². The van der Waals surface area contributed by atoms with Crippen molar-refractivity contribution >= 4 is 23.8 Å². The van der Waals surface area contributed by atoms with Crippen molar-refractivity contribution in [2.45, 2.75) is 97.6 Å². The van der Waals surface area contributed by atoms with Gasteiger partial charge in [-0.1, -0.05) is 101 Å². The van der Waals surface area contributed by atoms with Gasteiger partial charge in [0, 0.05) is 56.6 Å². The second-order valence-electron chi connectivity index (χ2n) is 16.5. The molecule has 0 saturated carbocycles. The summed E-state index contributed by atoms with van der Waals surface area (Å²) in [5.41, 5.74) is 8.28. The van der Waals surface area contributed by atoms with Crippen LogP contribution in [0.5, 0.6) is 0 Å². The fraction of sp³-hybridized carbons (Fsp3) is 0.447. The summed E-state index contributed by atoms with van der Waals surface area (Å²) in [6.45, 7) is 11.6. The number of pyridine rings is 2. The Balaban J connectivity index is 1.25. The molecule has 5 amide bonds. The normalized spacial score (nSPS) is 16.9. The molecule has 0 radical (unpaired) electrons. The van der Waals surface area contributed by atoms with Crippen molar-refractivity contribution in [1.82, 2.24) is 40.4 Å². The van der Waals surface area contributed by atoms with E-state index in [-0.39, 0.29) is 48.7 Å². The number of carbonyl (C=O) groups excluding carboxylic acids is 4. The summed E-state index contributed by atoms with van der Waals surface area (Å²) in [6.07, 6.45) is 2.65. The van der Waals surface area contributed by atoms with E-state index < -0.39 is 24.2 Å². The Morgan fingerprint density at radius 1 is 0.833 bits per heavy atom. The highest BCUT2D eigenvalue weighted by Crippen LogP contribution is 2.24. The van der Waals surface area contributed by atoms with Gasteiger partial charge in [0.05, 0.1) is 30.1 Å². The molecular weight excluding hydrogens is 757 g/mol. The minimum absolute atomic E-state index is 0.0435. The van der Waals surface area contributed by atoms with Crippen molar-refractivity contribution in [2.75, 3.05) is 26.2 Å². The number of hydrogen-bond donors (Lipinski definition) is 3. The van der Waals surface area contributed by atoms with E-state index in [4.69, 9.17) is 0 Å². The number of aliphatic hydroxyl groups is 1. The van der Waals surface area contributed by atoms with E-state index in [9.17, 15) is 24.3 Å². The molecule has 4 heterocycles. The molecule has 0 spiro atoms. The number of hydrazine groups is 1. The van der Waals surface area contributed by atoms with Crippen LogP contribution >= 0.6 is 0 Å². The fourth-order valence-corrected chi connectivity index (χ4v) is 8.27. The van der Waals surface area contributed by atoms with Crippen LogP contribution < -0.4 is 10.7 Å². The molecule has 2 aliphatic heterocycles. The van der Waals surface area contributed by atoms with E-state index in [2.05, 4.69) is 20.7 Å². The van der Waals surface area contributed by atoms with Gasteiger partial charge >= 0.3 is 6.03 Å². The predicted molar refractivity (Wildman–Crippen MR) is 231 cm³/mol. The Morgan fingerprint density at radius 2 is 1.58 bits per heavy atom. The number of aryl methyl sites for hydroxylation is 1. The van der Waals surface area contributed by atoms with Crippen molar-refractivity contribution < 1.29 is 24.3 Å². The first-order valence-electron chi connectivity index (χ1n) is 21.3. The lowest BCUT2D eigenvalue weighted by Gasteiger charge is -2.36. The van der Waals surface area contributed by atoms with Crippen LogP contribution in [0.25, 0.3) is 11.3 Å². The van der Waals surface area contributed by atoms with Crippen molar-refractivity contribution in [3.05, 3.63) is 120 Å². The SMILES string of the molecule is CCC(C)C(C(=O)NC(Cc1ccccc1)C(O)CN(Cc1ccc(-c2ccccn2)cc1)NC(=O)C(C(C)C)N1CCCC1=O)N1CCN(Cc2cccc(C)n2)C1=O. The zero-order chi connectivity index (χ0) is 42.8. The molecular formula is C47H60N8O5. The first-order chi connectivity index (χ1) is 28.9. The number of hydrogen-bond acceptors (Lipinski definition) is 8. The largest absolute Gasteiger partial charge is 0.390 e. The van der Waals surface area contributed by atoms with Crippen molar-refractivity contribution in [1.29, 1.82) is 0 Å². The predicted octanol–water partition coefficient (Wildman–Crippen LogP) is 5.37. The van der Waals surface area contributed by atoms with Crippen molar-refractivity contribution in [3.8, 4) is 11.3 Å². The van der Waals surface area contributed by atoms with E-state index >= 15 is 0 Å². The lowest BCUT2D eigenvalue weighted by Crippen LogP contribution is -2.59. The highest BCUT2D eigenvalue weighted by atomic mass is 16.3. The average molecular weight is 817 g/mol. The second-order valence-corrected chi connectivity index (χ2v) is 16.5. The van der Waals surface area contributed by atoms with Crippen molar-refractivity contribution in [2.24, 2.45) is 11.8 Å². The van der Waals surface area contributed by atoms with Crippen LogP contribution in [0, 0.1) is 18.8 Å². The maximum atomic E-state index is 14.6. The van der Waals surface area contributed by atoms with E-state index in [1.807, 2.05) is 126 Å². The molecule has 13 heteroatoms. The molecule has 3 N–H and O–H groups in total. The number of urea groups is 1. The van der Waals surface area contributed by atoms with Gasteiger partial charge in [0.25, 0.3) is 5.91 Å². The minimum atomic E-state index is -1.16. The number of likely N-dealkylation sites (tertiary alicyclic amines) is 1. The molecule has 318 valence electrons. The van der Waals surface area contributed by atoms with Gasteiger partial charge in [-0.15, -0.1) is 0 Å². The fourth-order valence-electron chi connectivity index (χ4n) is 8.27. The summed E-state index contributed by atoms with van der Waals surface area (Å²) < 4.78 is 0. The Hall–Kier alpha value is -5.66. The Morgan fingerprint density at radius 3 is 2.23 bits per heavy atom. The van der Waals surface area contributed by atoms with E-state index in [0.29, 0.717) is 51.9 Å². The van der Waals surface area contributed by atoms with Gasteiger partial charge in [-0.2, -0.15) is 0 Å². The number of aliphatic hydroxyl groups excluding tert-OH is 1. The quantitative estimate of drug-likeness (QED) is 0.107. The number of amides is 5. The lowest BCUT2D eigenvalue weighted by molar-refractivity contribution is -0.142. The maximum absolute atomic E-state index is 14.6. The van der Waals surface area contributed by atoms with Crippen LogP contribution in [-0.4, -0.2) is 109 Å². The zero-order valence-corrected chi connectivity index (χ0v) is 35.5. The van der Waals surface area contributed by atoms with E-state index in [0.717, 1.165) is 33.8 Å². The second kappa shape index (κ2) is 20.5. The van der Waals surface area contributed by atoms with Gasteiger partial charge < -0.3 is 25.1 Å². The molecule has 0 bridgehead atoms. The van der Waals surface area contributed by atoms with Gasteiger partial charge in [-0.25, -0.2) is 9.80 Å². The monoisotopic (exact) mass is 816 g/mol. The molecule has 2 saturated heterocycles. The molecule has 60 heavy (non-hydrogen) atoms. The third-order valence-electron chi connectivity index (χ3n) is 11.6. The Kier molecular flexibility index (Phi) is 15.0. The van der Waals surface area contributed by atoms with Crippen LogP contribution in [0.1, 0.15) is 69.5 Å². The number of nitrogens with one attached hydrogen (secondary N) is 2. The summed E-state index contributed by atoms with van der Waals surface area (Å²) in [6, 6.07) is 26.5. The summed E-state index contributed by atoms with van der Waals surface area (Å²) >= 11 is 0. The van der Waals surface area contributed by atoms with Crippen LogP contribution in [0.4, 0.5) is 4.79 Å². The summed E-state index contributed by atoms with van der Waals surface area (Å²) in [5.74, 6) is -1.06. The number of nitrogens with zero attached hydrogens (tertiary/aromatic N) is 6. The van der Waals surface area contributed by atoms with Crippen LogP contribution in [0.3, 0.4) is 0 Å². The minimum Gasteiger partial charge on any atom is -0.390 e. The van der Waals surface area contributed by atoms with Gasteiger partial charge in [-0.05, 0) is 67.0 Å². The smallest absolute Gasteiger partial charge is 0.321 e. The summed E-state index contributed by atoms with van der Waals surface area (Å²) in [7, 11) is 0. The standard InChI is InChI=1S/C47H60N8O5/c1-6-33(4)44(55-27-26-52(47(55)60)30-38-17-12-14-34(5)49-38)45(58)50-40(28-35-15-8-7-9-16-35)41(56)31-53(51-46(59)43(32(2)3)54-25-13-19-42(54)57)29-36-20-22-37(23-21-36)39-18-10-11-24-48-39/h7-12,14-18,20-24,32-33,40-41,43-44,56H,6,13,19,25-31H2,1-5H3,(H,50,58)(H,51,59). The molecule has 5 unspecified atom stereocenters. The molecule has 6 rings (SSSR count). The third kappa shape index (κ3) is 11.1. The van der Waals surface area contributed by atoms with Crippen molar-refractivity contribution in [3.63, 3.8) is 0 Å². The highest BCUT2D eigenvalue weighted by Gasteiger charge is 2.41. The maximum Gasteiger partial charge on any atom is 0.321 e. The number of rotatable bonds is 19. The Bertz CT molecular complexity index is 2050. The summed E-state index contributed by atoms with van der Waals surface area (Å²) in [5, 5.41) is 17.1. The lowest BCUT2D eigenvalue weighted by atomic mass is 9.95.